The number of thioether (sulfide) groups is 1. The quantitative estimate of drug-likeness (QED) is 0.506. The van der Waals surface area contributed by atoms with E-state index < -0.39 is 6.04 Å². The highest BCUT2D eigenvalue weighted by molar-refractivity contribution is 7.99. The lowest BCUT2D eigenvalue weighted by molar-refractivity contribution is -0.139. The van der Waals surface area contributed by atoms with Gasteiger partial charge in [-0.05, 0) is 49.8 Å². The summed E-state index contributed by atoms with van der Waals surface area (Å²) in [5, 5.41) is 3.06. The Bertz CT molecular complexity index is 825. The van der Waals surface area contributed by atoms with E-state index in [9.17, 15) is 9.59 Å². The van der Waals surface area contributed by atoms with E-state index in [0.717, 1.165) is 18.6 Å². The number of nitrogens with zero attached hydrogens (tertiary/aromatic N) is 1. The molecule has 2 aromatic carbocycles. The zero-order chi connectivity index (χ0) is 22.6. The van der Waals surface area contributed by atoms with Crippen molar-refractivity contribution < 1.29 is 9.59 Å². The summed E-state index contributed by atoms with van der Waals surface area (Å²) in [5.74, 6) is 1.14. The molecule has 0 aliphatic carbocycles. The van der Waals surface area contributed by atoms with Gasteiger partial charge in [-0.3, -0.25) is 9.59 Å². The van der Waals surface area contributed by atoms with Crippen LogP contribution in [0.3, 0.4) is 0 Å². The van der Waals surface area contributed by atoms with E-state index in [2.05, 4.69) is 36.5 Å². The summed E-state index contributed by atoms with van der Waals surface area (Å²) in [6.07, 6.45) is 2.21. The average molecular weight is 441 g/mol. The zero-order valence-electron chi connectivity index (χ0n) is 19.3. The first-order valence-electron chi connectivity index (χ1n) is 11.2. The fourth-order valence-electron chi connectivity index (χ4n) is 3.44. The van der Waals surface area contributed by atoms with E-state index in [1.54, 1.807) is 16.7 Å². The van der Waals surface area contributed by atoms with Crippen molar-refractivity contribution in [2.45, 2.75) is 64.8 Å². The molecule has 1 N–H and O–H groups in total. The van der Waals surface area contributed by atoms with Gasteiger partial charge in [0.05, 0.1) is 5.75 Å². The van der Waals surface area contributed by atoms with E-state index in [0.29, 0.717) is 18.7 Å². The Hall–Kier alpha value is -2.27. The lowest BCUT2D eigenvalue weighted by Crippen LogP contribution is -2.52. The normalized spacial score (nSPS) is 12.8. The van der Waals surface area contributed by atoms with Gasteiger partial charge in [-0.25, -0.2) is 0 Å². The summed E-state index contributed by atoms with van der Waals surface area (Å²) < 4.78 is 0. The lowest BCUT2D eigenvalue weighted by atomic mass is 10.1. The van der Waals surface area contributed by atoms with E-state index in [1.807, 2.05) is 51.1 Å². The largest absolute Gasteiger partial charge is 0.352 e. The molecule has 4 nitrogen and oxygen atoms in total. The summed E-state index contributed by atoms with van der Waals surface area (Å²) in [6, 6.07) is 18.1. The highest BCUT2D eigenvalue weighted by Crippen LogP contribution is 2.18. The minimum atomic E-state index is -0.440. The maximum atomic E-state index is 13.2. The third-order valence-electron chi connectivity index (χ3n) is 5.62. The van der Waals surface area contributed by atoms with Crippen LogP contribution in [0.2, 0.25) is 0 Å². The Labute approximate surface area is 191 Å². The summed E-state index contributed by atoms with van der Waals surface area (Å²) >= 11 is 1.61. The molecule has 0 aromatic heterocycles. The Morgan fingerprint density at radius 3 is 2.32 bits per heavy atom. The van der Waals surface area contributed by atoms with Gasteiger partial charge in [0.1, 0.15) is 6.04 Å². The zero-order valence-corrected chi connectivity index (χ0v) is 20.1. The van der Waals surface area contributed by atoms with Gasteiger partial charge in [0.2, 0.25) is 11.8 Å². The first-order valence-corrected chi connectivity index (χ1v) is 12.4. The third kappa shape index (κ3) is 8.06. The first-order chi connectivity index (χ1) is 15.0. The average Bonchev–Trinajstić information content (AvgIpc) is 2.78. The number of carbonyl (C=O) groups is 2. The molecule has 0 aliphatic rings. The predicted molar refractivity (Wildman–Crippen MR) is 131 cm³/mol. The number of aryl methyl sites for hydroxylation is 1. The highest BCUT2D eigenvalue weighted by atomic mass is 32.2. The molecule has 0 saturated carbocycles. The number of benzene rings is 2. The van der Waals surface area contributed by atoms with Gasteiger partial charge in [0.25, 0.3) is 0 Å². The minimum absolute atomic E-state index is 0.0284. The van der Waals surface area contributed by atoms with Gasteiger partial charge in [-0.1, -0.05) is 68.4 Å². The Morgan fingerprint density at radius 1 is 1.00 bits per heavy atom. The van der Waals surface area contributed by atoms with Crippen molar-refractivity contribution in [1.82, 2.24) is 10.2 Å². The topological polar surface area (TPSA) is 49.4 Å². The second kappa shape index (κ2) is 13.2. The number of hydrogen-bond donors (Lipinski definition) is 1. The molecular weight excluding hydrogens is 404 g/mol. The van der Waals surface area contributed by atoms with Crippen LogP contribution in [0.1, 0.15) is 50.3 Å². The van der Waals surface area contributed by atoms with Crippen molar-refractivity contribution in [3.63, 3.8) is 0 Å². The Morgan fingerprint density at radius 2 is 1.68 bits per heavy atom. The van der Waals surface area contributed by atoms with Gasteiger partial charge in [-0.15, -0.1) is 11.8 Å². The van der Waals surface area contributed by atoms with Crippen LogP contribution in [0.25, 0.3) is 0 Å². The second-order valence-electron chi connectivity index (χ2n) is 7.98. The Kier molecular flexibility index (Phi) is 10.6. The molecule has 0 fully saturated rings. The van der Waals surface area contributed by atoms with Crippen molar-refractivity contribution in [3.8, 4) is 0 Å². The summed E-state index contributed by atoms with van der Waals surface area (Å²) in [7, 11) is 0. The maximum Gasteiger partial charge on any atom is 0.243 e. The third-order valence-corrected chi connectivity index (χ3v) is 6.58. The molecular formula is C26H36N2O2S. The van der Waals surface area contributed by atoms with Gasteiger partial charge in [0.15, 0.2) is 0 Å². The molecule has 0 saturated heterocycles. The first kappa shape index (κ1) is 25.0. The van der Waals surface area contributed by atoms with Gasteiger partial charge in [-0.2, -0.15) is 0 Å². The number of rotatable bonds is 12. The van der Waals surface area contributed by atoms with Crippen LogP contribution in [0.15, 0.2) is 54.6 Å². The molecule has 31 heavy (non-hydrogen) atoms. The molecule has 0 aliphatic heterocycles. The molecule has 0 spiro atoms. The molecule has 0 radical (unpaired) electrons. The summed E-state index contributed by atoms with van der Waals surface area (Å²) in [5.41, 5.74) is 3.66. The van der Waals surface area contributed by atoms with Gasteiger partial charge in [0, 0.05) is 18.3 Å². The predicted octanol–water partition coefficient (Wildman–Crippen LogP) is 4.99. The van der Waals surface area contributed by atoms with Gasteiger partial charge < -0.3 is 10.2 Å². The smallest absolute Gasteiger partial charge is 0.243 e. The summed E-state index contributed by atoms with van der Waals surface area (Å²) in [6.45, 7) is 8.66. The number of amides is 2. The number of hydrogen-bond acceptors (Lipinski definition) is 3. The molecule has 2 aromatic rings. The maximum absolute atomic E-state index is 13.2. The van der Waals surface area contributed by atoms with E-state index in [-0.39, 0.29) is 17.9 Å². The van der Waals surface area contributed by atoms with Crippen LogP contribution in [0.4, 0.5) is 0 Å². The monoisotopic (exact) mass is 440 g/mol. The summed E-state index contributed by atoms with van der Waals surface area (Å²) in [4.78, 5) is 27.9. The van der Waals surface area contributed by atoms with Crippen LogP contribution in [0.5, 0.6) is 0 Å². The van der Waals surface area contributed by atoms with E-state index in [1.165, 1.54) is 16.7 Å². The van der Waals surface area contributed by atoms with Crippen LogP contribution >= 0.6 is 11.8 Å². The highest BCUT2D eigenvalue weighted by Gasteiger charge is 2.28. The SMILES string of the molecule is CC[C@@H](C)NC(=O)[C@@H](CC)N(CCc1ccccc1)C(=O)CSCc1ccccc1C. The van der Waals surface area contributed by atoms with Crippen LogP contribution < -0.4 is 5.32 Å². The molecule has 0 bridgehead atoms. The van der Waals surface area contributed by atoms with Gasteiger partial charge >= 0.3 is 0 Å². The van der Waals surface area contributed by atoms with Crippen molar-refractivity contribution in [2.24, 2.45) is 0 Å². The van der Waals surface area contributed by atoms with Crippen LogP contribution in [-0.2, 0) is 21.8 Å². The molecule has 2 amide bonds. The fourth-order valence-corrected chi connectivity index (χ4v) is 4.43. The van der Waals surface area contributed by atoms with E-state index >= 15 is 0 Å². The molecule has 2 rings (SSSR count). The standard InChI is InChI=1S/C26H36N2O2S/c1-5-21(4)27-26(30)24(6-2)28(17-16-22-13-8-7-9-14-22)25(29)19-31-18-23-15-11-10-12-20(23)3/h7-15,21,24H,5-6,16-19H2,1-4H3,(H,27,30)/t21-,24-/m1/s1. The second-order valence-corrected chi connectivity index (χ2v) is 8.97. The Balaban J connectivity index is 2.07. The molecule has 168 valence electrons. The van der Waals surface area contributed by atoms with Crippen molar-refractivity contribution in [1.29, 1.82) is 0 Å². The molecule has 5 heteroatoms. The number of carbonyl (C=O) groups excluding carboxylic acids is 2. The lowest BCUT2D eigenvalue weighted by Gasteiger charge is -2.31. The van der Waals surface area contributed by atoms with Crippen molar-refractivity contribution >= 4 is 23.6 Å². The van der Waals surface area contributed by atoms with E-state index in [4.69, 9.17) is 0 Å². The number of nitrogens with one attached hydrogen (secondary N) is 1. The molecule has 2 atom stereocenters. The molecule has 0 heterocycles. The fraction of sp³-hybridized carbons (Fsp3) is 0.462. The van der Waals surface area contributed by atoms with Crippen LogP contribution in [-0.4, -0.2) is 41.1 Å². The van der Waals surface area contributed by atoms with Crippen molar-refractivity contribution in [2.75, 3.05) is 12.3 Å². The van der Waals surface area contributed by atoms with Crippen LogP contribution in [0, 0.1) is 6.92 Å². The van der Waals surface area contributed by atoms with Crippen molar-refractivity contribution in [3.05, 3.63) is 71.3 Å². The molecule has 0 unspecified atom stereocenters. The minimum Gasteiger partial charge on any atom is -0.352 e.